The maximum Gasteiger partial charge on any atom is 0.0609 e. The van der Waals surface area contributed by atoms with Crippen molar-refractivity contribution in [2.75, 3.05) is 26.7 Å². The molecule has 0 aliphatic rings. The van der Waals surface area contributed by atoms with Crippen LogP contribution in [0, 0.1) is 5.92 Å². The van der Waals surface area contributed by atoms with Crippen LogP contribution in [0.2, 0.25) is 0 Å². The summed E-state index contributed by atoms with van der Waals surface area (Å²) < 4.78 is 0. The highest BCUT2D eigenvalue weighted by Crippen LogP contribution is 2.24. The van der Waals surface area contributed by atoms with Crippen LogP contribution in [0.25, 0.3) is 0 Å². The summed E-state index contributed by atoms with van der Waals surface area (Å²) in [4.78, 5) is 2.25. The fraction of sp³-hybridized carbons (Fsp3) is 0.667. The maximum atomic E-state index is 9.52. The number of rotatable bonds is 9. The van der Waals surface area contributed by atoms with Gasteiger partial charge in [0.15, 0.2) is 0 Å². The van der Waals surface area contributed by atoms with Crippen LogP contribution in [0.3, 0.4) is 0 Å². The molecule has 0 radical (unpaired) electrons. The number of aliphatic hydroxyl groups is 1. The first-order valence-electron chi connectivity index (χ1n) is 8.02. The minimum Gasteiger partial charge on any atom is -0.394 e. The Hall–Kier alpha value is -0.900. The molecule has 1 aromatic rings. The lowest BCUT2D eigenvalue weighted by Crippen LogP contribution is -2.47. The van der Waals surface area contributed by atoms with Crippen molar-refractivity contribution in [3.05, 3.63) is 35.9 Å². The Morgan fingerprint density at radius 3 is 2.38 bits per heavy atom. The molecule has 0 saturated carbocycles. The number of hydrogen-bond acceptors (Lipinski definition) is 3. The van der Waals surface area contributed by atoms with Crippen LogP contribution in [0.5, 0.6) is 0 Å². The molecule has 21 heavy (non-hydrogen) atoms. The van der Waals surface area contributed by atoms with E-state index < -0.39 is 0 Å². The van der Waals surface area contributed by atoms with Crippen LogP contribution < -0.4 is 5.32 Å². The molecule has 0 amide bonds. The average Bonchev–Trinajstić information content (AvgIpc) is 2.48. The smallest absolute Gasteiger partial charge is 0.0609 e. The van der Waals surface area contributed by atoms with Crippen molar-refractivity contribution < 1.29 is 5.11 Å². The minimum absolute atomic E-state index is 0.175. The van der Waals surface area contributed by atoms with E-state index in [9.17, 15) is 5.11 Å². The molecule has 2 unspecified atom stereocenters. The molecule has 2 atom stereocenters. The Labute approximate surface area is 130 Å². The van der Waals surface area contributed by atoms with E-state index in [-0.39, 0.29) is 12.1 Å². The second-order valence-corrected chi connectivity index (χ2v) is 6.67. The molecule has 0 saturated heterocycles. The average molecular weight is 292 g/mol. The number of aliphatic hydroxyl groups excluding tert-OH is 1. The van der Waals surface area contributed by atoms with Crippen LogP contribution in [0.15, 0.2) is 30.3 Å². The molecular formula is C18H32N2O. The first kappa shape index (κ1) is 18.1. The van der Waals surface area contributed by atoms with E-state index in [0.29, 0.717) is 12.0 Å². The first-order valence-corrected chi connectivity index (χ1v) is 8.02. The summed E-state index contributed by atoms with van der Waals surface area (Å²) in [5, 5.41) is 13.2. The summed E-state index contributed by atoms with van der Waals surface area (Å²) in [5.74, 6) is 0.467. The Bertz CT molecular complexity index is 391. The zero-order valence-corrected chi connectivity index (χ0v) is 14.3. The summed E-state index contributed by atoms with van der Waals surface area (Å²) >= 11 is 0. The topological polar surface area (TPSA) is 35.5 Å². The van der Waals surface area contributed by atoms with Crippen molar-refractivity contribution in [2.24, 2.45) is 5.92 Å². The van der Waals surface area contributed by atoms with E-state index >= 15 is 0 Å². The van der Waals surface area contributed by atoms with Crippen LogP contribution in [0.1, 0.15) is 45.7 Å². The highest BCUT2D eigenvalue weighted by molar-refractivity contribution is 5.19. The van der Waals surface area contributed by atoms with Gasteiger partial charge in [-0.1, -0.05) is 44.2 Å². The van der Waals surface area contributed by atoms with Gasteiger partial charge in [0.2, 0.25) is 0 Å². The quantitative estimate of drug-likeness (QED) is 0.734. The Morgan fingerprint density at radius 1 is 1.24 bits per heavy atom. The molecule has 3 heteroatoms. The Morgan fingerprint density at radius 2 is 1.86 bits per heavy atom. The molecule has 0 aromatic heterocycles. The van der Waals surface area contributed by atoms with E-state index in [4.69, 9.17) is 0 Å². The monoisotopic (exact) mass is 292 g/mol. The van der Waals surface area contributed by atoms with Gasteiger partial charge < -0.3 is 10.4 Å². The van der Waals surface area contributed by atoms with Gasteiger partial charge in [-0.3, -0.25) is 4.90 Å². The SMILES string of the molecule is CCCNC(c1ccccc1)C(C)CN(C)C(C)(C)CO. The van der Waals surface area contributed by atoms with Crippen LogP contribution in [-0.2, 0) is 0 Å². The normalized spacial score (nSPS) is 15.2. The fourth-order valence-electron chi connectivity index (χ4n) is 2.51. The third-order valence-corrected chi connectivity index (χ3v) is 4.32. The third kappa shape index (κ3) is 5.42. The van der Waals surface area contributed by atoms with Gasteiger partial charge in [-0.25, -0.2) is 0 Å². The number of hydrogen-bond donors (Lipinski definition) is 2. The molecule has 1 rings (SSSR count). The lowest BCUT2D eigenvalue weighted by Gasteiger charge is -2.38. The number of nitrogens with zero attached hydrogens (tertiary/aromatic N) is 1. The highest BCUT2D eigenvalue weighted by Gasteiger charge is 2.27. The van der Waals surface area contributed by atoms with Crippen LogP contribution in [-0.4, -0.2) is 42.3 Å². The van der Waals surface area contributed by atoms with Crippen molar-refractivity contribution in [2.45, 2.75) is 45.7 Å². The molecule has 2 N–H and O–H groups in total. The predicted molar refractivity (Wildman–Crippen MR) is 90.4 cm³/mol. The van der Waals surface area contributed by atoms with Crippen molar-refractivity contribution >= 4 is 0 Å². The summed E-state index contributed by atoms with van der Waals surface area (Å²) in [6, 6.07) is 11.0. The van der Waals surface area contributed by atoms with Gasteiger partial charge >= 0.3 is 0 Å². The van der Waals surface area contributed by atoms with Gasteiger partial charge in [0.25, 0.3) is 0 Å². The summed E-state index contributed by atoms with van der Waals surface area (Å²) in [7, 11) is 2.09. The van der Waals surface area contributed by atoms with Crippen molar-refractivity contribution in [3.8, 4) is 0 Å². The Balaban J connectivity index is 2.79. The minimum atomic E-state index is -0.180. The molecular weight excluding hydrogens is 260 g/mol. The van der Waals surface area contributed by atoms with Crippen molar-refractivity contribution in [3.63, 3.8) is 0 Å². The van der Waals surface area contributed by atoms with Gasteiger partial charge in [-0.2, -0.15) is 0 Å². The van der Waals surface area contributed by atoms with E-state index in [1.54, 1.807) is 0 Å². The summed E-state index contributed by atoms with van der Waals surface area (Å²) in [5.41, 5.74) is 1.16. The Kier molecular flexibility index (Phi) is 7.36. The molecule has 0 fully saturated rings. The largest absolute Gasteiger partial charge is 0.394 e. The zero-order chi connectivity index (χ0) is 15.9. The van der Waals surface area contributed by atoms with E-state index in [1.807, 2.05) is 0 Å². The van der Waals surface area contributed by atoms with Crippen molar-refractivity contribution in [1.29, 1.82) is 0 Å². The van der Waals surface area contributed by atoms with Crippen LogP contribution in [0.4, 0.5) is 0 Å². The number of likely N-dealkylation sites (N-methyl/N-ethyl adjacent to an activating group) is 1. The van der Waals surface area contributed by atoms with Gasteiger partial charge in [0.1, 0.15) is 0 Å². The molecule has 3 nitrogen and oxygen atoms in total. The molecule has 120 valence electrons. The lowest BCUT2D eigenvalue weighted by molar-refractivity contribution is 0.0631. The molecule has 0 aliphatic heterocycles. The second kappa shape index (κ2) is 8.52. The molecule has 0 spiro atoms. The third-order valence-electron chi connectivity index (χ3n) is 4.32. The van der Waals surface area contributed by atoms with Gasteiger partial charge in [-0.05, 0) is 45.3 Å². The maximum absolute atomic E-state index is 9.52. The van der Waals surface area contributed by atoms with Crippen molar-refractivity contribution in [1.82, 2.24) is 10.2 Å². The number of benzene rings is 1. The van der Waals surface area contributed by atoms with E-state index in [1.165, 1.54) is 5.56 Å². The predicted octanol–water partition coefficient (Wildman–Crippen LogP) is 3.07. The fourth-order valence-corrected chi connectivity index (χ4v) is 2.51. The molecule has 1 aromatic carbocycles. The van der Waals surface area contributed by atoms with Gasteiger partial charge in [0, 0.05) is 18.1 Å². The molecule has 0 heterocycles. The summed E-state index contributed by atoms with van der Waals surface area (Å²) in [6.45, 7) is 10.8. The van der Waals surface area contributed by atoms with E-state index in [2.05, 4.69) is 75.3 Å². The standard InChI is InChI=1S/C18H32N2O/c1-6-12-19-17(16-10-8-7-9-11-16)15(2)13-20(5)18(3,4)14-21/h7-11,15,17,19,21H,6,12-14H2,1-5H3. The highest BCUT2D eigenvalue weighted by atomic mass is 16.3. The second-order valence-electron chi connectivity index (χ2n) is 6.67. The van der Waals surface area contributed by atoms with Crippen LogP contribution >= 0.6 is 0 Å². The lowest BCUT2D eigenvalue weighted by atomic mass is 9.92. The first-order chi connectivity index (χ1) is 9.92. The van der Waals surface area contributed by atoms with Gasteiger partial charge in [0.05, 0.1) is 6.61 Å². The molecule has 0 bridgehead atoms. The zero-order valence-electron chi connectivity index (χ0n) is 14.3. The molecule has 0 aliphatic carbocycles. The number of nitrogens with one attached hydrogen (secondary N) is 1. The summed E-state index contributed by atoms with van der Waals surface area (Å²) in [6.07, 6.45) is 1.13. The van der Waals surface area contributed by atoms with Gasteiger partial charge in [-0.15, -0.1) is 0 Å². The van der Waals surface area contributed by atoms with E-state index in [0.717, 1.165) is 19.5 Å².